The smallest absolute Gasteiger partial charge is 0.306 e. The number of halogens is 2. The summed E-state index contributed by atoms with van der Waals surface area (Å²) in [4.78, 5) is 40.0. The van der Waals surface area contributed by atoms with Crippen molar-refractivity contribution in [1.82, 2.24) is 4.90 Å². The third kappa shape index (κ3) is 5.77. The molecule has 3 rings (SSSR count). The summed E-state index contributed by atoms with van der Waals surface area (Å²) in [6, 6.07) is 9.76. The first kappa shape index (κ1) is 21.3. The molecule has 0 saturated carbocycles. The van der Waals surface area contributed by atoms with E-state index in [1.165, 1.54) is 6.07 Å². The van der Waals surface area contributed by atoms with Crippen LogP contribution in [0.15, 0.2) is 36.4 Å². The van der Waals surface area contributed by atoms with Crippen LogP contribution in [0.3, 0.4) is 0 Å². The van der Waals surface area contributed by atoms with E-state index in [0.29, 0.717) is 41.1 Å². The summed E-state index contributed by atoms with van der Waals surface area (Å²) >= 11 is 6.95. The number of hydrogen-bond donors (Lipinski definition) is 0. The molecule has 0 N–H and O–H groups in total. The number of anilines is 1. The molecule has 0 aliphatic carbocycles. The molecule has 154 valence electrons. The van der Waals surface area contributed by atoms with Gasteiger partial charge in [-0.2, -0.15) is 0 Å². The largest absolute Gasteiger partial charge is 0.456 e. The van der Waals surface area contributed by atoms with Crippen LogP contribution in [0, 0.1) is 5.82 Å². The second-order valence-electron chi connectivity index (χ2n) is 6.51. The van der Waals surface area contributed by atoms with E-state index in [2.05, 4.69) is 0 Å². The molecule has 1 aliphatic rings. The normalized spacial score (nSPS) is 14.0. The zero-order valence-corrected chi connectivity index (χ0v) is 17.2. The van der Waals surface area contributed by atoms with Crippen molar-refractivity contribution in [3.05, 3.63) is 51.4 Å². The van der Waals surface area contributed by atoms with Gasteiger partial charge in [-0.15, -0.1) is 11.3 Å². The summed E-state index contributed by atoms with van der Waals surface area (Å²) in [6.07, 6.45) is -0.0894. The predicted molar refractivity (Wildman–Crippen MR) is 109 cm³/mol. The second-order valence-corrected chi connectivity index (χ2v) is 8.22. The standard InChI is InChI=1S/C20H20ClFN2O4S/c21-18-7-6-17(29-18)16(25)5-8-20(27)28-13-19(26)24-11-9-23(10-12-24)15-4-2-1-3-14(15)22/h1-4,6-7H,5,8-13H2. The van der Waals surface area contributed by atoms with E-state index < -0.39 is 5.97 Å². The van der Waals surface area contributed by atoms with Gasteiger partial charge in [0.1, 0.15) is 5.82 Å². The van der Waals surface area contributed by atoms with E-state index in [1.54, 1.807) is 35.2 Å². The number of carbonyl (C=O) groups excluding carboxylic acids is 3. The molecule has 1 aromatic heterocycles. The number of benzene rings is 1. The lowest BCUT2D eigenvalue weighted by atomic mass is 10.2. The molecule has 0 atom stereocenters. The van der Waals surface area contributed by atoms with Crippen molar-refractivity contribution < 1.29 is 23.5 Å². The molecular formula is C20H20ClFN2O4S. The number of carbonyl (C=O) groups is 3. The summed E-state index contributed by atoms with van der Waals surface area (Å²) < 4.78 is 19.4. The van der Waals surface area contributed by atoms with Gasteiger partial charge in [-0.1, -0.05) is 23.7 Å². The molecule has 29 heavy (non-hydrogen) atoms. The number of esters is 1. The van der Waals surface area contributed by atoms with Gasteiger partial charge in [-0.25, -0.2) is 4.39 Å². The average molecular weight is 439 g/mol. The Morgan fingerprint density at radius 3 is 2.41 bits per heavy atom. The van der Waals surface area contributed by atoms with E-state index in [0.717, 1.165) is 11.3 Å². The van der Waals surface area contributed by atoms with Crippen molar-refractivity contribution in [3.63, 3.8) is 0 Å². The van der Waals surface area contributed by atoms with Crippen molar-refractivity contribution in [2.45, 2.75) is 12.8 Å². The van der Waals surface area contributed by atoms with Gasteiger partial charge in [0, 0.05) is 32.6 Å². The molecular weight excluding hydrogens is 419 g/mol. The molecule has 0 spiro atoms. The summed E-state index contributed by atoms with van der Waals surface area (Å²) in [5.74, 6) is -1.38. The minimum atomic E-state index is -0.598. The van der Waals surface area contributed by atoms with Crippen molar-refractivity contribution in [1.29, 1.82) is 0 Å². The van der Waals surface area contributed by atoms with Gasteiger partial charge in [-0.05, 0) is 24.3 Å². The van der Waals surface area contributed by atoms with Gasteiger partial charge in [0.25, 0.3) is 5.91 Å². The molecule has 0 unspecified atom stereocenters. The van der Waals surface area contributed by atoms with Crippen LogP contribution in [0.5, 0.6) is 0 Å². The highest BCUT2D eigenvalue weighted by Crippen LogP contribution is 2.23. The third-order valence-electron chi connectivity index (χ3n) is 4.59. The van der Waals surface area contributed by atoms with Crippen LogP contribution in [0.2, 0.25) is 4.34 Å². The topological polar surface area (TPSA) is 66.9 Å². The third-order valence-corrected chi connectivity index (χ3v) is 5.86. The van der Waals surface area contributed by atoms with Gasteiger partial charge < -0.3 is 14.5 Å². The minimum Gasteiger partial charge on any atom is -0.456 e. The fraction of sp³-hybridized carbons (Fsp3) is 0.350. The lowest BCUT2D eigenvalue weighted by molar-refractivity contribution is -0.152. The van der Waals surface area contributed by atoms with Gasteiger partial charge in [-0.3, -0.25) is 14.4 Å². The molecule has 9 heteroatoms. The molecule has 2 heterocycles. The van der Waals surface area contributed by atoms with Crippen LogP contribution in [0.4, 0.5) is 10.1 Å². The van der Waals surface area contributed by atoms with E-state index >= 15 is 0 Å². The number of Topliss-reactive ketones (excluding diaryl/α,β-unsaturated/α-hetero) is 1. The number of ketones is 1. The Bertz CT molecular complexity index is 896. The fourth-order valence-corrected chi connectivity index (χ4v) is 4.02. The van der Waals surface area contributed by atoms with Crippen molar-refractivity contribution in [2.75, 3.05) is 37.7 Å². The highest BCUT2D eigenvalue weighted by molar-refractivity contribution is 7.18. The number of piperazine rings is 1. The number of rotatable bonds is 7. The quantitative estimate of drug-likeness (QED) is 0.489. The maximum absolute atomic E-state index is 13.9. The summed E-state index contributed by atoms with van der Waals surface area (Å²) in [7, 11) is 0. The molecule has 1 fully saturated rings. The van der Waals surface area contributed by atoms with Crippen LogP contribution in [0.25, 0.3) is 0 Å². The zero-order valence-electron chi connectivity index (χ0n) is 15.6. The average Bonchev–Trinajstić information content (AvgIpc) is 3.17. The van der Waals surface area contributed by atoms with Crippen LogP contribution in [-0.4, -0.2) is 55.3 Å². The zero-order chi connectivity index (χ0) is 20.8. The second kappa shape index (κ2) is 9.84. The lowest BCUT2D eigenvalue weighted by Crippen LogP contribution is -2.50. The van der Waals surface area contributed by atoms with Crippen molar-refractivity contribution in [3.8, 4) is 0 Å². The Morgan fingerprint density at radius 2 is 1.76 bits per heavy atom. The fourth-order valence-electron chi connectivity index (χ4n) is 3.01. The highest BCUT2D eigenvalue weighted by atomic mass is 35.5. The van der Waals surface area contributed by atoms with E-state index in [9.17, 15) is 18.8 Å². The summed E-state index contributed by atoms with van der Waals surface area (Å²) in [6.45, 7) is 1.47. The van der Waals surface area contributed by atoms with E-state index in [-0.39, 0.29) is 37.0 Å². The van der Waals surface area contributed by atoms with Gasteiger partial charge in [0.2, 0.25) is 0 Å². The first-order valence-electron chi connectivity index (χ1n) is 9.15. The Balaban J connectivity index is 1.38. The lowest BCUT2D eigenvalue weighted by Gasteiger charge is -2.36. The van der Waals surface area contributed by atoms with Gasteiger partial charge in [0.05, 0.1) is 21.3 Å². The molecule has 1 saturated heterocycles. The van der Waals surface area contributed by atoms with E-state index in [1.807, 2.05) is 4.90 Å². The number of ether oxygens (including phenoxy) is 1. The van der Waals surface area contributed by atoms with Crippen LogP contribution in [-0.2, 0) is 14.3 Å². The maximum Gasteiger partial charge on any atom is 0.306 e. The maximum atomic E-state index is 13.9. The Hall–Kier alpha value is -2.45. The van der Waals surface area contributed by atoms with Crippen LogP contribution in [0.1, 0.15) is 22.5 Å². The predicted octanol–water partition coefficient (Wildman–Crippen LogP) is 3.40. The van der Waals surface area contributed by atoms with Crippen molar-refractivity contribution in [2.24, 2.45) is 0 Å². The number of nitrogens with zero attached hydrogens (tertiary/aromatic N) is 2. The first-order chi connectivity index (χ1) is 13.9. The molecule has 1 aliphatic heterocycles. The van der Waals surface area contributed by atoms with Crippen LogP contribution < -0.4 is 4.90 Å². The summed E-state index contributed by atoms with van der Waals surface area (Å²) in [5, 5.41) is 0. The monoisotopic (exact) mass is 438 g/mol. The Morgan fingerprint density at radius 1 is 1.03 bits per heavy atom. The highest BCUT2D eigenvalue weighted by Gasteiger charge is 2.23. The Kier molecular flexibility index (Phi) is 7.22. The summed E-state index contributed by atoms with van der Waals surface area (Å²) in [5.41, 5.74) is 0.516. The number of thiophene rings is 1. The number of para-hydroxylation sites is 1. The molecule has 1 amide bonds. The van der Waals surface area contributed by atoms with E-state index in [4.69, 9.17) is 16.3 Å². The van der Waals surface area contributed by atoms with Crippen molar-refractivity contribution >= 4 is 46.3 Å². The molecule has 1 aromatic carbocycles. The van der Waals surface area contributed by atoms with Crippen LogP contribution >= 0.6 is 22.9 Å². The molecule has 2 aromatic rings. The molecule has 0 bridgehead atoms. The number of amides is 1. The molecule has 0 radical (unpaired) electrons. The SMILES string of the molecule is O=C(CCC(=O)c1ccc(Cl)s1)OCC(=O)N1CCN(c2ccccc2F)CC1. The minimum absolute atomic E-state index is 0.00514. The number of hydrogen-bond acceptors (Lipinski definition) is 6. The molecule has 6 nitrogen and oxygen atoms in total. The first-order valence-corrected chi connectivity index (χ1v) is 10.3. The van der Waals surface area contributed by atoms with Gasteiger partial charge >= 0.3 is 5.97 Å². The van der Waals surface area contributed by atoms with Gasteiger partial charge in [0.15, 0.2) is 12.4 Å². The Labute approximate surface area is 176 Å².